The number of phenols is 1. The summed E-state index contributed by atoms with van der Waals surface area (Å²) in [6.07, 6.45) is 0.921. The van der Waals surface area contributed by atoms with E-state index in [0.29, 0.717) is 34.3 Å². The molecule has 3 aromatic rings. The summed E-state index contributed by atoms with van der Waals surface area (Å²) >= 11 is 0. The zero-order valence-corrected chi connectivity index (χ0v) is 15.3. The van der Waals surface area contributed by atoms with Gasteiger partial charge in [-0.1, -0.05) is 18.2 Å². The lowest BCUT2D eigenvalue weighted by Gasteiger charge is -2.23. The van der Waals surface area contributed by atoms with E-state index in [1.54, 1.807) is 30.3 Å². The Balaban J connectivity index is 1.65. The van der Waals surface area contributed by atoms with Crippen LogP contribution in [0.5, 0.6) is 11.5 Å². The third-order valence-electron chi connectivity index (χ3n) is 5.20. The summed E-state index contributed by atoms with van der Waals surface area (Å²) in [6, 6.07) is 11.4. The molecule has 0 saturated carbocycles. The second-order valence-electron chi connectivity index (χ2n) is 7.09. The van der Waals surface area contributed by atoms with Gasteiger partial charge in [-0.3, -0.25) is 0 Å². The van der Waals surface area contributed by atoms with Crippen molar-refractivity contribution in [2.24, 2.45) is 0 Å². The van der Waals surface area contributed by atoms with Crippen LogP contribution in [0.25, 0.3) is 11.0 Å². The van der Waals surface area contributed by atoms with Gasteiger partial charge in [0.05, 0.1) is 0 Å². The molecule has 146 valence electrons. The van der Waals surface area contributed by atoms with Crippen LogP contribution in [-0.2, 0) is 12.8 Å². The minimum atomic E-state index is -1.21. The molecule has 28 heavy (non-hydrogen) atoms. The minimum Gasteiger partial charge on any atom is -0.508 e. The third-order valence-corrected chi connectivity index (χ3v) is 5.20. The van der Waals surface area contributed by atoms with Crippen molar-refractivity contribution in [3.05, 3.63) is 69.6 Å². The highest BCUT2D eigenvalue weighted by Gasteiger charge is 2.26. The molecule has 0 bridgehead atoms. The van der Waals surface area contributed by atoms with Crippen LogP contribution in [0, 0.1) is 0 Å². The number of phenolic OH excluding ortho intramolecular Hbond substituents is 1. The predicted octanol–water partition coefficient (Wildman–Crippen LogP) is 2.85. The number of hydrogen-bond acceptors (Lipinski definition) is 6. The van der Waals surface area contributed by atoms with E-state index < -0.39 is 12.2 Å². The van der Waals surface area contributed by atoms with Crippen molar-refractivity contribution in [2.45, 2.75) is 37.9 Å². The fraction of sp³-hybridized carbons (Fsp3) is 0.318. The first-order valence-electron chi connectivity index (χ1n) is 9.40. The van der Waals surface area contributed by atoms with Crippen LogP contribution in [0.2, 0.25) is 0 Å². The Labute approximate surface area is 161 Å². The van der Waals surface area contributed by atoms with E-state index in [1.807, 2.05) is 0 Å². The predicted molar refractivity (Wildman–Crippen MR) is 104 cm³/mol. The molecule has 0 saturated heterocycles. The van der Waals surface area contributed by atoms with E-state index >= 15 is 0 Å². The van der Waals surface area contributed by atoms with Crippen molar-refractivity contribution < 1.29 is 24.5 Å². The first kappa shape index (κ1) is 18.5. The lowest BCUT2D eigenvalue weighted by atomic mass is 9.87. The van der Waals surface area contributed by atoms with Crippen molar-refractivity contribution in [2.75, 3.05) is 6.61 Å². The normalized spacial score (nSPS) is 15.8. The van der Waals surface area contributed by atoms with Crippen molar-refractivity contribution in [1.29, 1.82) is 0 Å². The summed E-state index contributed by atoms with van der Waals surface area (Å²) in [7, 11) is 0. The summed E-state index contributed by atoms with van der Waals surface area (Å²) in [6.45, 7) is -0.153. The number of ether oxygens (including phenoxy) is 1. The maximum Gasteiger partial charge on any atom is 0.339 e. The topological polar surface area (TPSA) is 100 Å². The molecule has 1 heterocycles. The molecule has 1 aromatic heterocycles. The Kier molecular flexibility index (Phi) is 5.07. The first-order valence-corrected chi connectivity index (χ1v) is 9.40. The molecule has 4 rings (SSSR count). The summed E-state index contributed by atoms with van der Waals surface area (Å²) < 4.78 is 11.0. The molecule has 3 N–H and O–H groups in total. The third kappa shape index (κ3) is 3.48. The molecule has 2 unspecified atom stereocenters. The number of fused-ring (bicyclic) bond motifs is 3. The minimum absolute atomic E-state index is 0.0586. The summed E-state index contributed by atoms with van der Waals surface area (Å²) in [5.74, 6) is 0.454. The lowest BCUT2D eigenvalue weighted by Crippen LogP contribution is -2.26. The lowest BCUT2D eigenvalue weighted by molar-refractivity contribution is -0.00835. The van der Waals surface area contributed by atoms with Gasteiger partial charge in [0.15, 0.2) is 0 Å². The molecule has 0 aliphatic heterocycles. The van der Waals surface area contributed by atoms with Crippen LogP contribution >= 0.6 is 0 Å². The Morgan fingerprint density at radius 2 is 1.79 bits per heavy atom. The number of rotatable bonds is 5. The quantitative estimate of drug-likeness (QED) is 0.587. The van der Waals surface area contributed by atoms with Crippen molar-refractivity contribution in [1.82, 2.24) is 0 Å². The highest BCUT2D eigenvalue weighted by Crippen LogP contribution is 2.33. The van der Waals surface area contributed by atoms with Gasteiger partial charge in [-0.2, -0.15) is 0 Å². The molecule has 1 aliphatic carbocycles. The molecule has 0 radical (unpaired) electrons. The standard InChI is InChI=1S/C22H22O6/c23-13-5-3-6-14(11-13)27-12-18(24)21(25)17-9-4-10-19-20(17)15-7-1-2-8-16(15)22(26)28-19/h3-6,9-11,18,21,23-25H,1-2,7-8,12H2. The van der Waals surface area contributed by atoms with E-state index in [1.165, 1.54) is 12.1 Å². The van der Waals surface area contributed by atoms with Crippen LogP contribution in [0.4, 0.5) is 0 Å². The monoisotopic (exact) mass is 382 g/mol. The molecular weight excluding hydrogens is 360 g/mol. The second-order valence-corrected chi connectivity index (χ2v) is 7.09. The molecule has 2 atom stereocenters. The molecule has 2 aromatic carbocycles. The van der Waals surface area contributed by atoms with Gasteiger partial charge < -0.3 is 24.5 Å². The van der Waals surface area contributed by atoms with E-state index in [4.69, 9.17) is 9.15 Å². The second kappa shape index (κ2) is 7.66. The highest BCUT2D eigenvalue weighted by molar-refractivity contribution is 5.85. The fourth-order valence-electron chi connectivity index (χ4n) is 3.82. The van der Waals surface area contributed by atoms with Crippen molar-refractivity contribution in [3.8, 4) is 11.5 Å². The molecule has 0 amide bonds. The average Bonchev–Trinajstić information content (AvgIpc) is 2.71. The molecule has 0 spiro atoms. The maximum atomic E-state index is 12.3. The Morgan fingerprint density at radius 3 is 2.57 bits per heavy atom. The van der Waals surface area contributed by atoms with Gasteiger partial charge in [0.25, 0.3) is 0 Å². The zero-order valence-electron chi connectivity index (χ0n) is 15.3. The van der Waals surface area contributed by atoms with Gasteiger partial charge in [0, 0.05) is 17.0 Å². The SMILES string of the molecule is O=c1oc2cccc(C(O)C(O)COc3cccc(O)c3)c2c2c1CCCC2. The number of hydrogen-bond donors (Lipinski definition) is 3. The number of aliphatic hydroxyl groups is 2. The zero-order chi connectivity index (χ0) is 19.7. The largest absolute Gasteiger partial charge is 0.508 e. The Morgan fingerprint density at radius 1 is 1.04 bits per heavy atom. The Hall–Kier alpha value is -2.83. The summed E-state index contributed by atoms with van der Waals surface area (Å²) in [5.41, 5.74) is 2.20. The first-order chi connectivity index (χ1) is 13.5. The van der Waals surface area contributed by atoms with Gasteiger partial charge in [-0.15, -0.1) is 0 Å². The van der Waals surface area contributed by atoms with Crippen LogP contribution in [0.3, 0.4) is 0 Å². The molecular formula is C22H22O6. The van der Waals surface area contributed by atoms with E-state index in [9.17, 15) is 20.1 Å². The van der Waals surface area contributed by atoms with Crippen LogP contribution in [-0.4, -0.2) is 28.0 Å². The molecule has 6 heteroatoms. The van der Waals surface area contributed by atoms with Crippen molar-refractivity contribution in [3.63, 3.8) is 0 Å². The van der Waals surface area contributed by atoms with Crippen molar-refractivity contribution >= 4 is 11.0 Å². The number of aromatic hydroxyl groups is 1. The summed E-state index contributed by atoms with van der Waals surface area (Å²) in [4.78, 5) is 12.3. The van der Waals surface area contributed by atoms with Gasteiger partial charge in [0.2, 0.25) is 0 Å². The average molecular weight is 382 g/mol. The Bertz CT molecular complexity index is 1050. The van der Waals surface area contributed by atoms with Gasteiger partial charge in [0.1, 0.15) is 35.9 Å². The van der Waals surface area contributed by atoms with Crippen LogP contribution in [0.15, 0.2) is 51.7 Å². The summed E-state index contributed by atoms with van der Waals surface area (Å²) in [5, 5.41) is 31.5. The van der Waals surface area contributed by atoms with Crippen LogP contribution < -0.4 is 10.4 Å². The fourth-order valence-corrected chi connectivity index (χ4v) is 3.82. The smallest absolute Gasteiger partial charge is 0.339 e. The molecule has 1 aliphatic rings. The van der Waals surface area contributed by atoms with Gasteiger partial charge >= 0.3 is 5.63 Å². The number of aliphatic hydroxyl groups excluding tert-OH is 2. The molecule has 0 fully saturated rings. The number of aryl methyl sites for hydroxylation is 1. The highest BCUT2D eigenvalue weighted by atomic mass is 16.5. The van der Waals surface area contributed by atoms with E-state index in [-0.39, 0.29) is 18.0 Å². The van der Waals surface area contributed by atoms with E-state index in [0.717, 1.165) is 24.8 Å². The van der Waals surface area contributed by atoms with Gasteiger partial charge in [-0.05, 0) is 55.0 Å². The van der Waals surface area contributed by atoms with Crippen LogP contribution in [0.1, 0.15) is 35.6 Å². The van der Waals surface area contributed by atoms with Gasteiger partial charge in [-0.25, -0.2) is 4.79 Å². The number of benzene rings is 2. The maximum absolute atomic E-state index is 12.3. The van der Waals surface area contributed by atoms with E-state index in [2.05, 4.69) is 0 Å². The molecule has 6 nitrogen and oxygen atoms in total.